The van der Waals surface area contributed by atoms with Gasteiger partial charge in [-0.25, -0.2) is 35.1 Å². The zero-order valence-electron chi connectivity index (χ0n) is 14.0. The van der Waals surface area contributed by atoms with Crippen molar-refractivity contribution in [2.45, 2.75) is 47.0 Å². The molecular weight excluding hydrogens is 478 g/mol. The first-order valence-electron chi connectivity index (χ1n) is 7.65. The minimum absolute atomic E-state index is 2.49. The predicted molar refractivity (Wildman–Crippen MR) is 69.3 cm³/mol. The lowest BCUT2D eigenvalue weighted by atomic mass is 9.52. The maximum absolute atomic E-state index is 15.1. The van der Waals surface area contributed by atoms with Crippen LogP contribution in [0.4, 0.5) is 61.5 Å². The van der Waals surface area contributed by atoms with Crippen molar-refractivity contribution in [3.63, 3.8) is 0 Å². The average molecular weight is 484 g/mol. The number of nitrogens with two attached hydrogens (primary N) is 2. The quantitative estimate of drug-likeness (QED) is 0.409. The summed E-state index contributed by atoms with van der Waals surface area (Å²) in [5.74, 6) is -50.0. The highest BCUT2D eigenvalue weighted by Crippen LogP contribution is 2.73. The van der Waals surface area contributed by atoms with Crippen LogP contribution in [0.15, 0.2) is 22.9 Å². The van der Waals surface area contributed by atoms with Crippen LogP contribution in [0.1, 0.15) is 0 Å². The number of ketones is 1. The Morgan fingerprint density at radius 2 is 1.19 bits per heavy atom. The fourth-order valence-electron chi connectivity index (χ4n) is 3.89. The monoisotopic (exact) mass is 484 g/mol. The van der Waals surface area contributed by atoms with Gasteiger partial charge in [-0.3, -0.25) is 10.5 Å². The second kappa shape index (κ2) is 5.46. The maximum atomic E-state index is 15.1. The first kappa shape index (κ1) is 23.6. The Hall–Kier alpha value is -2.07. The Balaban J connectivity index is 2.55. The van der Waals surface area contributed by atoms with E-state index in [1.165, 1.54) is 0 Å². The van der Waals surface area contributed by atoms with Crippen molar-refractivity contribution in [1.29, 1.82) is 0 Å². The molecule has 4 N–H and O–H groups in total. The van der Waals surface area contributed by atoms with Gasteiger partial charge in [0.05, 0.1) is 11.3 Å². The van der Waals surface area contributed by atoms with Crippen LogP contribution in [-0.4, -0.2) is 52.8 Å². The first-order valence-corrected chi connectivity index (χ1v) is 7.65. The standard InChI is InChI=1S/C14H6F14N2O/c15-2-1-5(31)6-9(19,11(22,23)8(1,18)7(17)4(29)3(2)16)12(24,25)13(26,27)14(28,30)10(6,20)21/h6-7H,29-30H2. The molecule has 0 saturated heterocycles. The zero-order valence-corrected chi connectivity index (χ0v) is 14.0. The summed E-state index contributed by atoms with van der Waals surface area (Å²) >= 11 is 0. The molecule has 3 nitrogen and oxygen atoms in total. The molecule has 0 aliphatic heterocycles. The van der Waals surface area contributed by atoms with E-state index in [2.05, 4.69) is 11.5 Å². The molecule has 17 heteroatoms. The predicted octanol–water partition coefficient (Wildman–Crippen LogP) is 3.50. The van der Waals surface area contributed by atoms with Crippen LogP contribution in [0.3, 0.4) is 0 Å². The minimum atomic E-state index is -7.43. The van der Waals surface area contributed by atoms with Gasteiger partial charge >= 0.3 is 23.7 Å². The molecule has 3 aliphatic rings. The summed E-state index contributed by atoms with van der Waals surface area (Å²) in [5, 5.41) is 0. The topological polar surface area (TPSA) is 69.1 Å². The molecule has 3 aliphatic carbocycles. The molecule has 0 spiro atoms. The van der Waals surface area contributed by atoms with E-state index in [0.29, 0.717) is 0 Å². The number of carbonyl (C=O) groups excluding carboxylic acids is 1. The van der Waals surface area contributed by atoms with Gasteiger partial charge in [0, 0.05) is 0 Å². The van der Waals surface area contributed by atoms with Gasteiger partial charge in [0.25, 0.3) is 11.5 Å². The molecule has 0 bridgehead atoms. The summed E-state index contributed by atoms with van der Waals surface area (Å²) in [6.45, 7) is 0. The van der Waals surface area contributed by atoms with Gasteiger partial charge < -0.3 is 5.73 Å². The van der Waals surface area contributed by atoms with E-state index >= 15 is 8.78 Å². The number of carbonyl (C=O) groups is 1. The Labute approximate surface area is 160 Å². The van der Waals surface area contributed by atoms with Gasteiger partial charge in [-0.1, -0.05) is 0 Å². The Bertz CT molecular complexity index is 955. The highest BCUT2D eigenvalue weighted by Gasteiger charge is 3.02. The summed E-state index contributed by atoms with van der Waals surface area (Å²) < 4.78 is 200. The molecule has 0 aromatic heterocycles. The van der Waals surface area contributed by atoms with Gasteiger partial charge in [-0.2, -0.15) is 26.3 Å². The van der Waals surface area contributed by atoms with E-state index in [1.807, 2.05) is 0 Å². The fraction of sp³-hybridized carbons (Fsp3) is 0.643. The molecule has 0 aromatic carbocycles. The lowest BCUT2D eigenvalue weighted by molar-refractivity contribution is -0.444. The zero-order chi connectivity index (χ0) is 24.5. The number of hydrogen-bond donors (Lipinski definition) is 2. The van der Waals surface area contributed by atoms with E-state index in [4.69, 9.17) is 0 Å². The summed E-state index contributed by atoms with van der Waals surface area (Å²) in [5.41, 5.74) is -10.7. The van der Waals surface area contributed by atoms with Crippen LogP contribution >= 0.6 is 0 Å². The number of Topliss-reactive ketones (excluding diaryl/α,β-unsaturated/α-hetero) is 1. The molecule has 176 valence electrons. The number of alkyl halides is 12. The van der Waals surface area contributed by atoms with Crippen LogP contribution in [0.25, 0.3) is 0 Å². The highest BCUT2D eigenvalue weighted by molar-refractivity contribution is 6.04. The molecule has 31 heavy (non-hydrogen) atoms. The molecule has 0 heterocycles. The third-order valence-corrected chi connectivity index (χ3v) is 5.63. The number of fused-ring (bicyclic) bond motifs is 2. The van der Waals surface area contributed by atoms with E-state index < -0.39 is 81.6 Å². The SMILES string of the molecule is NC1=C(F)C(F)=C2C(=O)C3C(F)(F)C(N)(F)C(F)(F)C(F)(F)C3(F)C(F)(F)C2(F)C1F. The largest absolute Gasteiger partial charge is 0.397 e. The van der Waals surface area contributed by atoms with Crippen molar-refractivity contribution in [1.82, 2.24) is 0 Å². The molecule has 2 saturated carbocycles. The molecule has 3 rings (SSSR count). The first-order chi connectivity index (χ1) is 13.5. The molecule has 2 fully saturated rings. The molecular formula is C14H6F14N2O. The van der Waals surface area contributed by atoms with Crippen molar-refractivity contribution in [3.05, 3.63) is 22.9 Å². The summed E-state index contributed by atoms with van der Waals surface area (Å²) in [4.78, 5) is 12.1. The van der Waals surface area contributed by atoms with Gasteiger partial charge in [-0.05, 0) is 0 Å². The normalized spacial score (nSPS) is 45.3. The third-order valence-electron chi connectivity index (χ3n) is 5.63. The highest BCUT2D eigenvalue weighted by atomic mass is 19.3. The van der Waals surface area contributed by atoms with Crippen molar-refractivity contribution in [2.24, 2.45) is 17.4 Å². The third kappa shape index (κ3) is 1.88. The second-order valence-corrected chi connectivity index (χ2v) is 7.10. The van der Waals surface area contributed by atoms with Gasteiger partial charge in [0.2, 0.25) is 5.67 Å². The Kier molecular flexibility index (Phi) is 4.15. The molecule has 0 aromatic rings. The van der Waals surface area contributed by atoms with E-state index in [-0.39, 0.29) is 0 Å². The molecule has 5 atom stereocenters. The smallest absolute Gasteiger partial charge is 0.365 e. The number of hydrogen-bond acceptors (Lipinski definition) is 3. The van der Waals surface area contributed by atoms with Crippen LogP contribution in [-0.2, 0) is 4.79 Å². The van der Waals surface area contributed by atoms with Crippen molar-refractivity contribution >= 4 is 5.78 Å². The van der Waals surface area contributed by atoms with Crippen molar-refractivity contribution < 1.29 is 66.3 Å². The average Bonchev–Trinajstić information content (AvgIpc) is 2.62. The number of rotatable bonds is 0. The van der Waals surface area contributed by atoms with E-state index in [1.54, 1.807) is 0 Å². The van der Waals surface area contributed by atoms with Crippen molar-refractivity contribution in [2.75, 3.05) is 0 Å². The van der Waals surface area contributed by atoms with Gasteiger partial charge in [0.1, 0.15) is 5.92 Å². The number of halogens is 14. The minimum Gasteiger partial charge on any atom is -0.397 e. The van der Waals surface area contributed by atoms with Gasteiger partial charge in [0.15, 0.2) is 23.6 Å². The Morgan fingerprint density at radius 1 is 0.742 bits per heavy atom. The summed E-state index contributed by atoms with van der Waals surface area (Å²) in [7, 11) is 0. The van der Waals surface area contributed by atoms with E-state index in [9.17, 15) is 57.5 Å². The fourth-order valence-corrected chi connectivity index (χ4v) is 3.89. The van der Waals surface area contributed by atoms with Crippen LogP contribution in [0, 0.1) is 5.92 Å². The summed E-state index contributed by atoms with van der Waals surface area (Å²) in [6, 6.07) is 0. The lowest BCUT2D eigenvalue weighted by Gasteiger charge is -2.60. The molecule has 5 unspecified atom stereocenters. The van der Waals surface area contributed by atoms with Crippen molar-refractivity contribution in [3.8, 4) is 0 Å². The van der Waals surface area contributed by atoms with Crippen LogP contribution in [0.5, 0.6) is 0 Å². The lowest BCUT2D eigenvalue weighted by Crippen LogP contribution is -2.91. The van der Waals surface area contributed by atoms with Crippen LogP contribution in [0.2, 0.25) is 0 Å². The molecule has 0 radical (unpaired) electrons. The number of allylic oxidation sites excluding steroid dienone is 4. The molecule has 0 amide bonds. The van der Waals surface area contributed by atoms with E-state index in [0.717, 1.165) is 0 Å². The van der Waals surface area contributed by atoms with Crippen LogP contribution < -0.4 is 11.5 Å². The summed E-state index contributed by atoms with van der Waals surface area (Å²) in [6.07, 6.45) is -4.59. The maximum Gasteiger partial charge on any atom is 0.365 e. The Morgan fingerprint density at radius 3 is 1.65 bits per heavy atom. The second-order valence-electron chi connectivity index (χ2n) is 7.10. The van der Waals surface area contributed by atoms with Gasteiger partial charge in [-0.15, -0.1) is 0 Å².